The highest BCUT2D eigenvalue weighted by atomic mass is 19.3. The van der Waals surface area contributed by atoms with Crippen molar-refractivity contribution in [3.63, 3.8) is 0 Å². The number of alkyl halides is 2. The molecule has 0 bridgehead atoms. The predicted octanol–water partition coefficient (Wildman–Crippen LogP) is 1.71. The monoisotopic (exact) mass is 159 g/mol. The first-order chi connectivity index (χ1) is 5.17. The predicted molar refractivity (Wildman–Crippen MR) is 38.7 cm³/mol. The zero-order valence-electron chi connectivity index (χ0n) is 6.29. The maximum Gasteiger partial charge on any atom is 0.255 e. The van der Waals surface area contributed by atoms with Crippen LogP contribution >= 0.6 is 0 Å². The van der Waals surface area contributed by atoms with E-state index in [9.17, 15) is 8.78 Å². The van der Waals surface area contributed by atoms with Crippen LogP contribution in [-0.2, 0) is 0 Å². The number of rotatable bonds is 0. The Morgan fingerprint density at radius 1 is 1.18 bits per heavy atom. The summed E-state index contributed by atoms with van der Waals surface area (Å²) in [6, 6.07) is 0. The van der Waals surface area contributed by atoms with Gasteiger partial charge in [0.05, 0.1) is 0 Å². The molecule has 0 atom stereocenters. The van der Waals surface area contributed by atoms with Gasteiger partial charge in [-0.2, -0.15) is 0 Å². The number of hydrogen-bond acceptors (Lipinski definition) is 1. The van der Waals surface area contributed by atoms with Gasteiger partial charge in [-0.25, -0.2) is 8.78 Å². The average molecular weight is 159 g/mol. The van der Waals surface area contributed by atoms with E-state index >= 15 is 0 Å². The molecule has 0 aromatic rings. The van der Waals surface area contributed by atoms with E-state index in [1.165, 1.54) is 5.57 Å². The van der Waals surface area contributed by atoms with E-state index in [2.05, 4.69) is 5.32 Å². The molecule has 3 heteroatoms. The molecule has 0 aromatic carbocycles. The van der Waals surface area contributed by atoms with Crippen LogP contribution < -0.4 is 5.32 Å². The van der Waals surface area contributed by atoms with E-state index in [4.69, 9.17) is 0 Å². The van der Waals surface area contributed by atoms with Crippen LogP contribution in [0.5, 0.6) is 0 Å². The normalized spacial score (nSPS) is 28.9. The SMILES string of the molecule is FC1(F)CC(=C2CCNC2)C1. The van der Waals surface area contributed by atoms with Crippen molar-refractivity contribution in [2.24, 2.45) is 0 Å². The van der Waals surface area contributed by atoms with E-state index in [-0.39, 0.29) is 12.8 Å². The zero-order valence-corrected chi connectivity index (χ0v) is 6.29. The number of halogens is 2. The minimum Gasteiger partial charge on any atom is -0.313 e. The van der Waals surface area contributed by atoms with Crippen molar-refractivity contribution in [1.82, 2.24) is 5.32 Å². The third kappa shape index (κ3) is 1.29. The molecule has 0 radical (unpaired) electrons. The Balaban J connectivity index is 2.03. The van der Waals surface area contributed by atoms with Gasteiger partial charge in [-0.05, 0) is 13.0 Å². The highest BCUT2D eigenvalue weighted by molar-refractivity contribution is 5.27. The Kier molecular flexibility index (Phi) is 1.49. The van der Waals surface area contributed by atoms with Crippen molar-refractivity contribution in [1.29, 1.82) is 0 Å². The summed E-state index contributed by atoms with van der Waals surface area (Å²) < 4.78 is 24.8. The van der Waals surface area contributed by atoms with Gasteiger partial charge in [-0.15, -0.1) is 0 Å². The van der Waals surface area contributed by atoms with Crippen LogP contribution in [0.2, 0.25) is 0 Å². The van der Waals surface area contributed by atoms with Gasteiger partial charge in [0.15, 0.2) is 0 Å². The number of allylic oxidation sites excluding steroid dienone is 1. The van der Waals surface area contributed by atoms with Crippen LogP contribution in [0, 0.1) is 0 Å². The molecule has 2 rings (SSSR count). The lowest BCUT2D eigenvalue weighted by Crippen LogP contribution is -2.29. The molecule has 1 nitrogen and oxygen atoms in total. The van der Waals surface area contributed by atoms with Gasteiger partial charge in [-0.3, -0.25) is 0 Å². The lowest BCUT2D eigenvalue weighted by Gasteiger charge is -2.30. The molecule has 0 spiro atoms. The van der Waals surface area contributed by atoms with Crippen molar-refractivity contribution in [3.05, 3.63) is 11.1 Å². The summed E-state index contributed by atoms with van der Waals surface area (Å²) in [5.74, 6) is -2.38. The van der Waals surface area contributed by atoms with Gasteiger partial charge in [0.1, 0.15) is 0 Å². The minimum atomic E-state index is -2.38. The van der Waals surface area contributed by atoms with Crippen molar-refractivity contribution in [2.75, 3.05) is 13.1 Å². The van der Waals surface area contributed by atoms with E-state index in [0.29, 0.717) is 0 Å². The Hall–Kier alpha value is -0.440. The van der Waals surface area contributed by atoms with Crippen molar-refractivity contribution in [2.45, 2.75) is 25.2 Å². The molecule has 0 amide bonds. The molecule has 1 saturated heterocycles. The second-order valence-corrected chi connectivity index (χ2v) is 3.34. The highest BCUT2D eigenvalue weighted by Gasteiger charge is 2.42. The van der Waals surface area contributed by atoms with Gasteiger partial charge < -0.3 is 5.32 Å². The zero-order chi connectivity index (χ0) is 7.90. The van der Waals surface area contributed by atoms with Crippen molar-refractivity contribution < 1.29 is 8.78 Å². The first-order valence-electron chi connectivity index (χ1n) is 3.96. The molecule has 2 fully saturated rings. The Bertz CT molecular complexity index is 190. The van der Waals surface area contributed by atoms with Crippen molar-refractivity contribution >= 4 is 0 Å². The van der Waals surface area contributed by atoms with Crippen molar-refractivity contribution in [3.8, 4) is 0 Å². The topological polar surface area (TPSA) is 12.0 Å². The van der Waals surface area contributed by atoms with E-state index in [1.807, 2.05) is 0 Å². The first-order valence-corrected chi connectivity index (χ1v) is 3.96. The smallest absolute Gasteiger partial charge is 0.255 e. The summed E-state index contributed by atoms with van der Waals surface area (Å²) in [7, 11) is 0. The molecule has 62 valence electrons. The standard InChI is InChI=1S/C8H11F2N/c9-8(10)3-7(4-8)6-1-2-11-5-6/h11H,1-5H2. The van der Waals surface area contributed by atoms with Gasteiger partial charge in [0.25, 0.3) is 5.92 Å². The van der Waals surface area contributed by atoms with Crippen LogP contribution in [0.15, 0.2) is 11.1 Å². The van der Waals surface area contributed by atoms with E-state index in [0.717, 1.165) is 25.1 Å². The molecule has 1 aliphatic heterocycles. The van der Waals surface area contributed by atoms with Crippen LogP contribution in [0.4, 0.5) is 8.78 Å². The summed E-state index contributed by atoms with van der Waals surface area (Å²) in [5.41, 5.74) is 2.23. The maximum absolute atomic E-state index is 12.4. The van der Waals surface area contributed by atoms with Crippen LogP contribution in [0.3, 0.4) is 0 Å². The Morgan fingerprint density at radius 2 is 1.91 bits per heavy atom. The Labute approximate surface area is 64.5 Å². The minimum absolute atomic E-state index is 0.0179. The van der Waals surface area contributed by atoms with E-state index < -0.39 is 5.92 Å². The second kappa shape index (κ2) is 2.27. The summed E-state index contributed by atoms with van der Waals surface area (Å²) in [5, 5.41) is 3.15. The van der Waals surface area contributed by atoms with Crippen LogP contribution in [-0.4, -0.2) is 19.0 Å². The number of hydrogen-bond donors (Lipinski definition) is 1. The summed E-state index contributed by atoms with van der Waals surface area (Å²) in [4.78, 5) is 0. The Morgan fingerprint density at radius 3 is 2.36 bits per heavy atom. The van der Waals surface area contributed by atoms with Crippen LogP contribution in [0.25, 0.3) is 0 Å². The molecule has 11 heavy (non-hydrogen) atoms. The molecule has 1 heterocycles. The van der Waals surface area contributed by atoms with Gasteiger partial charge in [0.2, 0.25) is 0 Å². The molecule has 0 unspecified atom stereocenters. The van der Waals surface area contributed by atoms with Crippen LogP contribution in [0.1, 0.15) is 19.3 Å². The molecular formula is C8H11F2N. The fourth-order valence-electron chi connectivity index (χ4n) is 1.69. The molecule has 2 aliphatic rings. The quantitative estimate of drug-likeness (QED) is 0.530. The summed E-state index contributed by atoms with van der Waals surface area (Å²) >= 11 is 0. The van der Waals surface area contributed by atoms with E-state index in [1.54, 1.807) is 0 Å². The fourth-order valence-corrected chi connectivity index (χ4v) is 1.69. The third-order valence-electron chi connectivity index (χ3n) is 2.39. The maximum atomic E-state index is 12.4. The summed E-state index contributed by atoms with van der Waals surface area (Å²) in [6.45, 7) is 1.80. The first kappa shape index (κ1) is 7.22. The summed E-state index contributed by atoms with van der Waals surface area (Å²) in [6.07, 6.45) is 1.01. The largest absolute Gasteiger partial charge is 0.313 e. The highest BCUT2D eigenvalue weighted by Crippen LogP contribution is 2.44. The number of nitrogens with one attached hydrogen (secondary N) is 1. The molecule has 1 saturated carbocycles. The molecule has 1 aliphatic carbocycles. The lowest BCUT2D eigenvalue weighted by molar-refractivity contribution is -0.0374. The van der Waals surface area contributed by atoms with Gasteiger partial charge in [0, 0.05) is 19.4 Å². The third-order valence-corrected chi connectivity index (χ3v) is 2.39. The molecule has 1 N–H and O–H groups in total. The lowest BCUT2D eigenvalue weighted by atomic mass is 9.84. The fraction of sp³-hybridized carbons (Fsp3) is 0.750. The van der Waals surface area contributed by atoms with Gasteiger partial charge >= 0.3 is 0 Å². The van der Waals surface area contributed by atoms with Gasteiger partial charge in [-0.1, -0.05) is 11.1 Å². The average Bonchev–Trinajstić information content (AvgIpc) is 2.32. The molecule has 0 aromatic heterocycles. The molecular weight excluding hydrogens is 148 g/mol. The second-order valence-electron chi connectivity index (χ2n) is 3.34.